The Morgan fingerprint density at radius 1 is 0.975 bits per heavy atom. The number of thioether (sulfide) groups is 1. The van der Waals surface area contributed by atoms with Gasteiger partial charge in [0.25, 0.3) is 0 Å². The quantitative estimate of drug-likeness (QED) is 0.211. The number of fused-ring (bicyclic) bond motifs is 3. The molecular weight excluding hydrogens is 557 g/mol. The lowest BCUT2D eigenvalue weighted by molar-refractivity contribution is -0.946. The van der Waals surface area contributed by atoms with Crippen LogP contribution in [0.15, 0.2) is 71.6 Å². The number of rotatable bonds is 9. The zero-order valence-corrected chi connectivity index (χ0v) is 24.1. The van der Waals surface area contributed by atoms with Crippen LogP contribution in [0.3, 0.4) is 0 Å². The molecule has 9 heteroatoms. The van der Waals surface area contributed by atoms with Crippen molar-refractivity contribution in [1.82, 2.24) is 0 Å². The second kappa shape index (κ2) is 13.3. The lowest BCUT2D eigenvalue weighted by Gasteiger charge is -2.52. The average molecular weight is 591 g/mol. The van der Waals surface area contributed by atoms with Gasteiger partial charge in [-0.3, -0.25) is 4.90 Å². The van der Waals surface area contributed by atoms with Crippen LogP contribution in [-0.4, -0.2) is 48.6 Å². The third-order valence-corrected chi connectivity index (χ3v) is 9.16. The number of hydrogen-bond acceptors (Lipinski definition) is 3. The standard InChI is InChI=1S/C31H34F3N2O2S.ClH/c1-22-6-4-7-25(18-22)35(20-23-10-11-26(32)28(34)19-23)31(37)38-29-21-36(15-12-24(29)13-16-36)14-5-17-39-30-9-3-2-8-27(30)33;/h2-4,6-11,18-19,24,29H,5,12-17,20-21H2,1H3;1H/q+1;/p-1/t24?,29-,36?;/m0./s1. The normalized spacial score (nSPS) is 21.5. The van der Waals surface area contributed by atoms with Gasteiger partial charge in [0, 0.05) is 41.5 Å². The van der Waals surface area contributed by atoms with Gasteiger partial charge in [-0.05, 0) is 54.4 Å². The molecule has 3 aliphatic rings. The van der Waals surface area contributed by atoms with Gasteiger partial charge in [0.15, 0.2) is 17.7 Å². The fourth-order valence-electron chi connectivity index (χ4n) is 5.88. The van der Waals surface area contributed by atoms with E-state index in [0.29, 0.717) is 22.1 Å². The van der Waals surface area contributed by atoms with Crippen molar-refractivity contribution in [3.05, 3.63) is 95.3 Å². The number of ether oxygens (including phenoxy) is 1. The first kappa shape index (κ1) is 30.3. The number of amides is 1. The van der Waals surface area contributed by atoms with Gasteiger partial charge >= 0.3 is 6.09 Å². The summed E-state index contributed by atoms with van der Waals surface area (Å²) < 4.78 is 48.5. The summed E-state index contributed by atoms with van der Waals surface area (Å²) in [6.07, 6.45) is 2.29. The van der Waals surface area contributed by atoms with E-state index in [-0.39, 0.29) is 30.9 Å². The molecule has 3 aliphatic heterocycles. The Morgan fingerprint density at radius 3 is 2.48 bits per heavy atom. The highest BCUT2D eigenvalue weighted by Gasteiger charge is 2.47. The predicted molar refractivity (Wildman–Crippen MR) is 148 cm³/mol. The van der Waals surface area contributed by atoms with E-state index >= 15 is 0 Å². The molecule has 3 fully saturated rings. The fourth-order valence-corrected chi connectivity index (χ4v) is 6.76. The molecule has 0 aromatic heterocycles. The maximum atomic E-state index is 14.0. The predicted octanol–water partition coefficient (Wildman–Crippen LogP) is 4.35. The minimum atomic E-state index is -0.943. The van der Waals surface area contributed by atoms with E-state index in [1.54, 1.807) is 17.8 Å². The second-order valence-electron chi connectivity index (χ2n) is 10.8. The van der Waals surface area contributed by atoms with Gasteiger partial charge in [-0.15, -0.1) is 11.8 Å². The molecule has 0 N–H and O–H groups in total. The highest BCUT2D eigenvalue weighted by Crippen LogP contribution is 2.37. The molecule has 0 saturated carbocycles. The number of nitrogens with zero attached hydrogens (tertiary/aromatic N) is 2. The molecule has 3 aromatic carbocycles. The molecule has 3 saturated heterocycles. The zero-order chi connectivity index (χ0) is 27.4. The van der Waals surface area contributed by atoms with Crippen LogP contribution in [-0.2, 0) is 11.3 Å². The van der Waals surface area contributed by atoms with E-state index in [1.807, 2.05) is 43.3 Å². The van der Waals surface area contributed by atoms with Gasteiger partial charge in [0.2, 0.25) is 0 Å². The minimum absolute atomic E-state index is 0. The van der Waals surface area contributed by atoms with Crippen molar-refractivity contribution in [1.29, 1.82) is 0 Å². The summed E-state index contributed by atoms with van der Waals surface area (Å²) in [4.78, 5) is 15.8. The van der Waals surface area contributed by atoms with Crippen LogP contribution in [0.5, 0.6) is 0 Å². The summed E-state index contributed by atoms with van der Waals surface area (Å²) in [5.74, 6) is -0.880. The monoisotopic (exact) mass is 590 g/mol. The van der Waals surface area contributed by atoms with E-state index in [1.165, 1.54) is 17.0 Å². The Kier molecular flexibility index (Phi) is 10.1. The van der Waals surface area contributed by atoms with Crippen molar-refractivity contribution in [3.8, 4) is 0 Å². The third kappa shape index (κ3) is 7.14. The van der Waals surface area contributed by atoms with Crippen LogP contribution in [0.25, 0.3) is 0 Å². The summed E-state index contributed by atoms with van der Waals surface area (Å²) in [6.45, 7) is 5.89. The van der Waals surface area contributed by atoms with Gasteiger partial charge in [-0.25, -0.2) is 18.0 Å². The van der Waals surface area contributed by atoms with Crippen molar-refractivity contribution in [2.75, 3.05) is 36.8 Å². The van der Waals surface area contributed by atoms with Gasteiger partial charge in [0.05, 0.1) is 26.2 Å². The Labute approximate surface area is 244 Å². The van der Waals surface area contributed by atoms with Crippen molar-refractivity contribution in [2.45, 2.75) is 43.7 Å². The first-order chi connectivity index (χ1) is 18.8. The zero-order valence-electron chi connectivity index (χ0n) is 22.5. The fraction of sp³-hybridized carbons (Fsp3) is 0.387. The van der Waals surface area contributed by atoms with Crippen LogP contribution in [0.4, 0.5) is 23.7 Å². The van der Waals surface area contributed by atoms with Crippen molar-refractivity contribution < 1.29 is 39.6 Å². The van der Waals surface area contributed by atoms with Crippen molar-refractivity contribution >= 4 is 23.5 Å². The van der Waals surface area contributed by atoms with Crippen molar-refractivity contribution in [2.24, 2.45) is 5.92 Å². The summed E-state index contributed by atoms with van der Waals surface area (Å²) >= 11 is 1.55. The maximum absolute atomic E-state index is 14.0. The Hall–Kier alpha value is -2.68. The number of hydrogen-bond donors (Lipinski definition) is 0. The minimum Gasteiger partial charge on any atom is -1.00 e. The maximum Gasteiger partial charge on any atom is 0.415 e. The molecule has 0 radical (unpaired) electrons. The molecule has 6 rings (SSSR count). The molecule has 1 atom stereocenters. The van der Waals surface area contributed by atoms with Crippen LogP contribution in [0, 0.1) is 30.3 Å². The smallest absolute Gasteiger partial charge is 0.415 e. The number of quaternary nitrogens is 1. The second-order valence-corrected chi connectivity index (χ2v) is 11.9. The highest BCUT2D eigenvalue weighted by molar-refractivity contribution is 7.99. The number of anilines is 1. The Balaban J connectivity index is 0.00000370. The number of carbonyl (C=O) groups is 1. The van der Waals surface area contributed by atoms with Crippen LogP contribution >= 0.6 is 11.8 Å². The summed E-state index contributed by atoms with van der Waals surface area (Å²) in [7, 11) is 0. The molecule has 0 spiro atoms. The SMILES string of the molecule is Cc1cccc(N(Cc2ccc(F)c(F)c2)C(=O)O[C@H]2C[N+]3(CCCSc4ccccc4F)CCC2CC3)c1.[Cl-]. The number of carbonyl (C=O) groups excluding carboxylic acids is 1. The Bertz CT molecular complexity index is 1320. The van der Waals surface area contributed by atoms with Gasteiger partial charge < -0.3 is 21.6 Å². The summed E-state index contributed by atoms with van der Waals surface area (Å²) in [5.41, 5.74) is 2.12. The molecule has 214 valence electrons. The number of halogens is 4. The van der Waals surface area contributed by atoms with E-state index in [2.05, 4.69) is 0 Å². The molecule has 3 heterocycles. The molecular formula is C31H34ClF3N2O2S. The van der Waals surface area contributed by atoms with Crippen LogP contribution in [0.2, 0.25) is 0 Å². The number of aryl methyl sites for hydroxylation is 1. The molecule has 4 nitrogen and oxygen atoms in total. The Morgan fingerprint density at radius 2 is 1.75 bits per heavy atom. The lowest BCUT2D eigenvalue weighted by atomic mass is 9.83. The first-order valence-electron chi connectivity index (χ1n) is 13.5. The molecule has 0 aliphatic carbocycles. The molecule has 1 amide bonds. The first-order valence-corrected chi connectivity index (χ1v) is 14.5. The average Bonchev–Trinajstić information content (AvgIpc) is 2.93. The van der Waals surface area contributed by atoms with E-state index in [9.17, 15) is 18.0 Å². The largest absolute Gasteiger partial charge is 1.00 e. The van der Waals surface area contributed by atoms with Crippen LogP contribution < -0.4 is 17.3 Å². The topological polar surface area (TPSA) is 29.5 Å². The lowest BCUT2D eigenvalue weighted by Crippen LogP contribution is -3.00. The molecule has 3 aromatic rings. The van der Waals surface area contributed by atoms with Gasteiger partial charge in [-0.1, -0.05) is 30.3 Å². The molecule has 40 heavy (non-hydrogen) atoms. The number of benzene rings is 3. The molecule has 0 unspecified atom stereocenters. The third-order valence-electron chi connectivity index (χ3n) is 8.02. The van der Waals surface area contributed by atoms with E-state index < -0.39 is 17.7 Å². The molecule has 2 bridgehead atoms. The van der Waals surface area contributed by atoms with Crippen LogP contribution in [0.1, 0.15) is 30.4 Å². The summed E-state index contributed by atoms with van der Waals surface area (Å²) in [6, 6.07) is 18.1. The van der Waals surface area contributed by atoms with E-state index in [0.717, 1.165) is 73.4 Å². The number of piperidine rings is 3. The van der Waals surface area contributed by atoms with Crippen molar-refractivity contribution in [3.63, 3.8) is 0 Å². The summed E-state index contributed by atoms with van der Waals surface area (Å²) in [5, 5.41) is 0. The van der Waals surface area contributed by atoms with E-state index in [4.69, 9.17) is 4.74 Å². The highest BCUT2D eigenvalue weighted by atomic mass is 35.5. The van der Waals surface area contributed by atoms with Gasteiger partial charge in [0.1, 0.15) is 12.4 Å². The van der Waals surface area contributed by atoms with Gasteiger partial charge in [-0.2, -0.15) is 0 Å².